The van der Waals surface area contributed by atoms with Gasteiger partial charge < -0.3 is 15.4 Å². The second kappa shape index (κ2) is 6.85. The van der Waals surface area contributed by atoms with Gasteiger partial charge in [0.25, 0.3) is 5.91 Å². The fraction of sp³-hybridized carbons (Fsp3) is 0.364. The number of carbonyl (C=O) groups is 2. The first-order chi connectivity index (χ1) is 8.54. The zero-order valence-corrected chi connectivity index (χ0v) is 10.6. The summed E-state index contributed by atoms with van der Waals surface area (Å²) in [6.45, 7) is 0. The lowest BCUT2D eigenvalue weighted by atomic mass is 10.2. The molecule has 0 aliphatic heterocycles. The van der Waals surface area contributed by atoms with Crippen LogP contribution in [0.5, 0.6) is 0 Å². The summed E-state index contributed by atoms with van der Waals surface area (Å²) in [4.78, 5) is 35.9. The Labute approximate surface area is 108 Å². The van der Waals surface area contributed by atoms with Gasteiger partial charge in [0.2, 0.25) is 5.56 Å². The molecule has 1 heterocycles. The number of carboxylic acids is 1. The number of hydrogen-bond acceptors (Lipinski definition) is 4. The van der Waals surface area contributed by atoms with Crippen molar-refractivity contribution in [1.82, 2.24) is 10.3 Å². The second-order valence-electron chi connectivity index (χ2n) is 3.59. The number of carbonyl (C=O) groups excluding carboxylic acids is 1. The number of pyridine rings is 1. The molecule has 0 saturated carbocycles. The van der Waals surface area contributed by atoms with Gasteiger partial charge in [-0.2, -0.15) is 11.8 Å². The molecule has 0 fully saturated rings. The lowest BCUT2D eigenvalue weighted by Crippen LogP contribution is -2.41. The van der Waals surface area contributed by atoms with Gasteiger partial charge in [0.05, 0.1) is 5.56 Å². The summed E-state index contributed by atoms with van der Waals surface area (Å²) in [5, 5.41) is 11.4. The van der Waals surface area contributed by atoms with Crippen molar-refractivity contribution in [3.05, 3.63) is 34.2 Å². The van der Waals surface area contributed by atoms with Crippen molar-refractivity contribution in [3.8, 4) is 0 Å². The predicted octanol–water partition coefficient (Wildman–Crippen LogP) is 0.311. The van der Waals surface area contributed by atoms with Crippen LogP contribution in [0.3, 0.4) is 0 Å². The minimum atomic E-state index is -1.07. The van der Waals surface area contributed by atoms with Crippen LogP contribution in [0.1, 0.15) is 16.8 Å². The largest absolute Gasteiger partial charge is 0.480 e. The number of thioether (sulfide) groups is 1. The lowest BCUT2D eigenvalue weighted by Gasteiger charge is -2.13. The smallest absolute Gasteiger partial charge is 0.326 e. The number of nitrogens with one attached hydrogen (secondary N) is 2. The van der Waals surface area contributed by atoms with Crippen molar-refractivity contribution >= 4 is 23.6 Å². The van der Waals surface area contributed by atoms with E-state index in [1.54, 1.807) is 0 Å². The number of H-pyrrole nitrogens is 1. The average molecular weight is 270 g/mol. The summed E-state index contributed by atoms with van der Waals surface area (Å²) in [5.41, 5.74) is -0.0891. The maximum Gasteiger partial charge on any atom is 0.326 e. The van der Waals surface area contributed by atoms with E-state index in [2.05, 4.69) is 10.3 Å². The summed E-state index contributed by atoms with van der Waals surface area (Å²) in [5.74, 6) is -0.940. The molecule has 0 bridgehead atoms. The molecule has 1 aromatic rings. The minimum Gasteiger partial charge on any atom is -0.480 e. The SMILES string of the molecule is CSCC[C@H](NC(=O)c1ccc(=O)[nH]c1)C(=O)O. The van der Waals surface area contributed by atoms with Gasteiger partial charge in [0, 0.05) is 12.3 Å². The number of amides is 1. The summed E-state index contributed by atoms with van der Waals surface area (Å²) in [6.07, 6.45) is 3.47. The van der Waals surface area contributed by atoms with Crippen LogP contribution in [0.4, 0.5) is 0 Å². The van der Waals surface area contributed by atoms with Crippen LogP contribution < -0.4 is 10.9 Å². The molecule has 0 radical (unpaired) electrons. The molecule has 0 unspecified atom stereocenters. The Balaban J connectivity index is 2.68. The van der Waals surface area contributed by atoms with Crippen LogP contribution in [0.2, 0.25) is 0 Å². The van der Waals surface area contributed by atoms with Crippen molar-refractivity contribution in [2.75, 3.05) is 12.0 Å². The number of hydrogen-bond donors (Lipinski definition) is 3. The fourth-order valence-electron chi connectivity index (χ4n) is 1.29. The van der Waals surface area contributed by atoms with E-state index in [-0.39, 0.29) is 11.1 Å². The Morgan fingerprint density at radius 1 is 1.50 bits per heavy atom. The van der Waals surface area contributed by atoms with Crippen LogP contribution in [0.25, 0.3) is 0 Å². The highest BCUT2D eigenvalue weighted by Gasteiger charge is 2.20. The first-order valence-electron chi connectivity index (χ1n) is 5.26. The van der Waals surface area contributed by atoms with Gasteiger partial charge in [-0.3, -0.25) is 9.59 Å². The third-order valence-corrected chi connectivity index (χ3v) is 2.90. The van der Waals surface area contributed by atoms with Crippen molar-refractivity contribution in [2.45, 2.75) is 12.5 Å². The zero-order valence-electron chi connectivity index (χ0n) is 9.80. The molecule has 1 aromatic heterocycles. The summed E-state index contributed by atoms with van der Waals surface area (Å²) in [7, 11) is 0. The topological polar surface area (TPSA) is 99.3 Å². The molecule has 1 rings (SSSR count). The van der Waals surface area contributed by atoms with E-state index >= 15 is 0 Å². The Kier molecular flexibility index (Phi) is 5.44. The standard InChI is InChI=1S/C11H14N2O4S/c1-18-5-4-8(11(16)17)13-10(15)7-2-3-9(14)12-6-7/h2-3,6,8H,4-5H2,1H3,(H,12,14)(H,13,15)(H,16,17)/t8-/m0/s1. The van der Waals surface area contributed by atoms with Crippen molar-refractivity contribution in [2.24, 2.45) is 0 Å². The normalized spacial score (nSPS) is 11.8. The van der Waals surface area contributed by atoms with Crippen LogP contribution in [-0.4, -0.2) is 40.0 Å². The van der Waals surface area contributed by atoms with Crippen molar-refractivity contribution in [1.29, 1.82) is 0 Å². The van der Waals surface area contributed by atoms with Crippen molar-refractivity contribution < 1.29 is 14.7 Å². The van der Waals surface area contributed by atoms with Gasteiger partial charge >= 0.3 is 5.97 Å². The number of aromatic amines is 1. The third kappa shape index (κ3) is 4.25. The van der Waals surface area contributed by atoms with E-state index < -0.39 is 17.9 Å². The van der Waals surface area contributed by atoms with Gasteiger partial charge in [-0.1, -0.05) is 0 Å². The minimum absolute atomic E-state index is 0.227. The number of carboxylic acid groups (broad SMARTS) is 1. The maximum absolute atomic E-state index is 11.7. The predicted molar refractivity (Wildman–Crippen MR) is 69.0 cm³/mol. The van der Waals surface area contributed by atoms with E-state index in [1.165, 1.54) is 30.1 Å². The van der Waals surface area contributed by atoms with E-state index in [0.717, 1.165) is 0 Å². The summed E-state index contributed by atoms with van der Waals surface area (Å²) < 4.78 is 0. The fourth-order valence-corrected chi connectivity index (χ4v) is 1.76. The highest BCUT2D eigenvalue weighted by Crippen LogP contribution is 2.03. The number of aromatic nitrogens is 1. The summed E-state index contributed by atoms with van der Waals surface area (Å²) in [6, 6.07) is 1.64. The van der Waals surface area contributed by atoms with Crippen molar-refractivity contribution in [3.63, 3.8) is 0 Å². The molecule has 6 nitrogen and oxygen atoms in total. The average Bonchev–Trinajstić information content (AvgIpc) is 2.34. The summed E-state index contributed by atoms with van der Waals surface area (Å²) >= 11 is 1.51. The van der Waals surface area contributed by atoms with Gasteiger partial charge in [0.15, 0.2) is 0 Å². The Morgan fingerprint density at radius 3 is 2.72 bits per heavy atom. The third-order valence-electron chi connectivity index (χ3n) is 2.26. The Bertz CT molecular complexity index is 466. The molecule has 18 heavy (non-hydrogen) atoms. The first-order valence-corrected chi connectivity index (χ1v) is 6.65. The molecule has 0 aliphatic rings. The molecule has 1 amide bonds. The van der Waals surface area contributed by atoms with Gasteiger partial charge in [-0.15, -0.1) is 0 Å². The number of rotatable bonds is 6. The van der Waals surface area contributed by atoms with E-state index in [0.29, 0.717) is 12.2 Å². The quantitative estimate of drug-likeness (QED) is 0.691. The van der Waals surface area contributed by atoms with Gasteiger partial charge in [0.1, 0.15) is 6.04 Å². The highest BCUT2D eigenvalue weighted by atomic mass is 32.2. The Morgan fingerprint density at radius 2 is 2.22 bits per heavy atom. The molecule has 98 valence electrons. The first kappa shape index (κ1) is 14.3. The molecule has 3 N–H and O–H groups in total. The van der Waals surface area contributed by atoms with Gasteiger partial charge in [-0.25, -0.2) is 4.79 Å². The van der Waals surface area contributed by atoms with Gasteiger partial charge in [-0.05, 0) is 24.5 Å². The van der Waals surface area contributed by atoms with E-state index in [4.69, 9.17) is 5.11 Å². The molecule has 0 aromatic carbocycles. The van der Waals surface area contributed by atoms with E-state index in [1.807, 2.05) is 6.26 Å². The second-order valence-corrected chi connectivity index (χ2v) is 4.57. The molecule has 0 saturated heterocycles. The monoisotopic (exact) mass is 270 g/mol. The molecule has 1 atom stereocenters. The molecular weight excluding hydrogens is 256 g/mol. The zero-order chi connectivity index (χ0) is 13.5. The molecule has 0 spiro atoms. The van der Waals surface area contributed by atoms with E-state index in [9.17, 15) is 14.4 Å². The van der Waals surface area contributed by atoms with Crippen LogP contribution in [0, 0.1) is 0 Å². The van der Waals surface area contributed by atoms with Crippen LogP contribution in [0.15, 0.2) is 23.1 Å². The maximum atomic E-state index is 11.7. The lowest BCUT2D eigenvalue weighted by molar-refractivity contribution is -0.139. The number of aliphatic carboxylic acids is 1. The Hall–Kier alpha value is -1.76. The van der Waals surface area contributed by atoms with Crippen LogP contribution >= 0.6 is 11.8 Å². The highest BCUT2D eigenvalue weighted by molar-refractivity contribution is 7.98. The molecule has 0 aliphatic carbocycles. The van der Waals surface area contributed by atoms with Crippen LogP contribution in [-0.2, 0) is 4.79 Å². The molecule has 7 heteroatoms. The molecular formula is C11H14N2O4S.